The van der Waals surface area contributed by atoms with Gasteiger partial charge >= 0.3 is 5.69 Å². The highest BCUT2D eigenvalue weighted by Crippen LogP contribution is 2.34. The van der Waals surface area contributed by atoms with Crippen LogP contribution in [0.4, 0.5) is 10.1 Å². The molecule has 0 atom stereocenters. The molecule has 5 rings (SSSR count). The molecule has 0 aliphatic heterocycles. The average molecular weight is 449 g/mol. The second kappa shape index (κ2) is 7.89. The number of benzene rings is 2. The van der Waals surface area contributed by atoms with Crippen molar-refractivity contribution in [3.8, 4) is 16.9 Å². The lowest BCUT2D eigenvalue weighted by Gasteiger charge is -2.09. The second-order valence-electron chi connectivity index (χ2n) is 6.96. The Morgan fingerprint density at radius 1 is 1.19 bits per heavy atom. The molecular weight excluding hydrogens is 433 g/mol. The predicted molar refractivity (Wildman–Crippen MR) is 120 cm³/mol. The summed E-state index contributed by atoms with van der Waals surface area (Å²) in [7, 11) is 1.51. The molecule has 0 spiro atoms. The van der Waals surface area contributed by atoms with E-state index in [0.717, 1.165) is 15.8 Å². The van der Waals surface area contributed by atoms with Crippen molar-refractivity contribution >= 4 is 38.8 Å². The Labute approximate surface area is 184 Å². The lowest BCUT2D eigenvalue weighted by Crippen LogP contribution is -2.28. The van der Waals surface area contributed by atoms with E-state index in [-0.39, 0.29) is 12.4 Å². The van der Waals surface area contributed by atoms with Crippen LogP contribution >= 0.6 is 11.3 Å². The SMILES string of the molecule is COc1ccccc1NC(=O)Cn1nc2c3scc(-c4ccc(F)cc4)c3ncn2c1=O. The van der Waals surface area contributed by atoms with E-state index in [1.54, 1.807) is 36.4 Å². The Hall–Kier alpha value is -4.05. The van der Waals surface area contributed by atoms with Crippen molar-refractivity contribution in [2.24, 2.45) is 0 Å². The summed E-state index contributed by atoms with van der Waals surface area (Å²) in [6.07, 6.45) is 1.39. The Balaban J connectivity index is 1.49. The van der Waals surface area contributed by atoms with Gasteiger partial charge in [-0.2, -0.15) is 0 Å². The zero-order valence-corrected chi connectivity index (χ0v) is 17.6. The van der Waals surface area contributed by atoms with Crippen LogP contribution in [0.15, 0.2) is 65.0 Å². The molecule has 10 heteroatoms. The van der Waals surface area contributed by atoms with Crippen molar-refractivity contribution in [1.29, 1.82) is 0 Å². The molecule has 0 radical (unpaired) electrons. The molecule has 0 saturated heterocycles. The van der Waals surface area contributed by atoms with Gasteiger partial charge < -0.3 is 10.1 Å². The average Bonchev–Trinajstić information content (AvgIpc) is 3.36. The third-order valence-electron chi connectivity index (χ3n) is 4.97. The number of amides is 1. The molecule has 8 nitrogen and oxygen atoms in total. The summed E-state index contributed by atoms with van der Waals surface area (Å²) < 4.78 is 21.6. The molecule has 3 heterocycles. The van der Waals surface area contributed by atoms with Crippen LogP contribution in [-0.2, 0) is 11.3 Å². The first kappa shape index (κ1) is 19.9. The maximum absolute atomic E-state index is 13.3. The molecule has 160 valence electrons. The highest BCUT2D eigenvalue weighted by molar-refractivity contribution is 7.18. The van der Waals surface area contributed by atoms with Crippen molar-refractivity contribution in [2.45, 2.75) is 6.54 Å². The molecule has 5 aromatic rings. The van der Waals surface area contributed by atoms with Crippen LogP contribution in [0.3, 0.4) is 0 Å². The lowest BCUT2D eigenvalue weighted by atomic mass is 10.1. The van der Waals surface area contributed by atoms with Gasteiger partial charge in [-0.25, -0.2) is 23.3 Å². The smallest absolute Gasteiger partial charge is 0.352 e. The molecule has 1 N–H and O–H groups in total. The number of ether oxygens (including phenoxy) is 1. The summed E-state index contributed by atoms with van der Waals surface area (Å²) in [5.41, 5.74) is 2.73. The fraction of sp³-hybridized carbons (Fsp3) is 0.0909. The minimum Gasteiger partial charge on any atom is -0.495 e. The van der Waals surface area contributed by atoms with E-state index < -0.39 is 11.6 Å². The number of nitrogens with zero attached hydrogens (tertiary/aromatic N) is 4. The molecule has 1 amide bonds. The highest BCUT2D eigenvalue weighted by Gasteiger charge is 2.17. The zero-order chi connectivity index (χ0) is 22.2. The van der Waals surface area contributed by atoms with E-state index in [1.165, 1.54) is 41.3 Å². The topological polar surface area (TPSA) is 90.5 Å². The first-order chi connectivity index (χ1) is 15.5. The number of halogens is 1. The third-order valence-corrected chi connectivity index (χ3v) is 5.94. The number of fused-ring (bicyclic) bond motifs is 3. The van der Waals surface area contributed by atoms with E-state index in [9.17, 15) is 14.0 Å². The van der Waals surface area contributed by atoms with E-state index >= 15 is 0 Å². The van der Waals surface area contributed by atoms with Gasteiger partial charge in [0.05, 0.1) is 23.0 Å². The van der Waals surface area contributed by atoms with Gasteiger partial charge in [-0.1, -0.05) is 24.3 Å². The van der Waals surface area contributed by atoms with Gasteiger partial charge in [-0.15, -0.1) is 16.4 Å². The van der Waals surface area contributed by atoms with E-state index in [4.69, 9.17) is 4.74 Å². The molecule has 32 heavy (non-hydrogen) atoms. The third kappa shape index (κ3) is 3.40. The van der Waals surface area contributed by atoms with Crippen molar-refractivity contribution < 1.29 is 13.9 Å². The summed E-state index contributed by atoms with van der Waals surface area (Å²) in [6, 6.07) is 13.1. The number of aromatic nitrogens is 4. The highest BCUT2D eigenvalue weighted by atomic mass is 32.1. The number of hydrogen-bond acceptors (Lipinski definition) is 6. The standard InChI is InChI=1S/C22H16FN5O3S/c1-31-17-5-3-2-4-16(17)25-18(29)10-28-22(30)27-12-24-19-15(11-32-20(19)21(27)26-28)13-6-8-14(23)9-7-13/h2-9,11-12H,10H2,1H3,(H,25,29). The van der Waals surface area contributed by atoms with E-state index in [2.05, 4.69) is 15.4 Å². The number of thiophene rings is 1. The Bertz CT molecular complexity index is 1520. The number of rotatable bonds is 5. The number of methoxy groups -OCH3 is 1. The molecule has 0 aliphatic rings. The second-order valence-corrected chi connectivity index (χ2v) is 7.84. The monoisotopic (exact) mass is 449 g/mol. The molecule has 0 saturated carbocycles. The van der Waals surface area contributed by atoms with Crippen LogP contribution in [-0.4, -0.2) is 32.2 Å². The summed E-state index contributed by atoms with van der Waals surface area (Å²) in [5.74, 6) is -0.219. The summed E-state index contributed by atoms with van der Waals surface area (Å²) in [5, 5.41) is 9.00. The minimum atomic E-state index is -0.471. The molecule has 2 aromatic carbocycles. The fourth-order valence-electron chi connectivity index (χ4n) is 3.44. The molecule has 0 bridgehead atoms. The van der Waals surface area contributed by atoms with Gasteiger partial charge in [0.25, 0.3) is 0 Å². The molecular formula is C22H16FN5O3S. The quantitative estimate of drug-likeness (QED) is 0.443. The molecule has 0 unspecified atom stereocenters. The van der Waals surface area contributed by atoms with E-state index in [1.807, 2.05) is 5.38 Å². The Kier molecular flexibility index (Phi) is 4.91. The number of para-hydroxylation sites is 2. The number of carbonyl (C=O) groups excluding carboxylic acids is 1. The molecule has 0 fully saturated rings. The van der Waals surface area contributed by atoms with Gasteiger partial charge in [0, 0.05) is 10.9 Å². The van der Waals surface area contributed by atoms with Crippen LogP contribution in [0.1, 0.15) is 0 Å². The number of carbonyl (C=O) groups is 1. The van der Waals surface area contributed by atoms with Gasteiger partial charge in [0.15, 0.2) is 5.65 Å². The van der Waals surface area contributed by atoms with Crippen LogP contribution < -0.4 is 15.7 Å². The number of anilines is 1. The number of hydrogen-bond donors (Lipinski definition) is 1. The summed E-state index contributed by atoms with van der Waals surface area (Å²) in [6.45, 7) is -0.268. The maximum Gasteiger partial charge on any atom is 0.352 e. The summed E-state index contributed by atoms with van der Waals surface area (Å²) in [4.78, 5) is 29.7. The summed E-state index contributed by atoms with van der Waals surface area (Å²) >= 11 is 1.38. The van der Waals surface area contributed by atoms with Crippen LogP contribution in [0.5, 0.6) is 5.75 Å². The lowest BCUT2D eigenvalue weighted by molar-refractivity contribution is -0.117. The fourth-order valence-corrected chi connectivity index (χ4v) is 4.45. The first-order valence-corrected chi connectivity index (χ1v) is 10.5. The minimum absolute atomic E-state index is 0.268. The van der Waals surface area contributed by atoms with Gasteiger partial charge in [0.1, 0.15) is 24.4 Å². The van der Waals surface area contributed by atoms with Crippen LogP contribution in [0.2, 0.25) is 0 Å². The maximum atomic E-state index is 13.3. The predicted octanol–water partition coefficient (Wildman–Crippen LogP) is 3.56. The van der Waals surface area contributed by atoms with Crippen molar-refractivity contribution in [3.63, 3.8) is 0 Å². The van der Waals surface area contributed by atoms with Gasteiger partial charge in [0.2, 0.25) is 5.91 Å². The van der Waals surface area contributed by atoms with Crippen LogP contribution in [0.25, 0.3) is 27.0 Å². The van der Waals surface area contributed by atoms with Crippen molar-refractivity contribution in [2.75, 3.05) is 12.4 Å². The number of nitrogens with one attached hydrogen (secondary N) is 1. The van der Waals surface area contributed by atoms with Crippen molar-refractivity contribution in [1.82, 2.24) is 19.2 Å². The Morgan fingerprint density at radius 2 is 1.97 bits per heavy atom. The van der Waals surface area contributed by atoms with E-state index in [0.29, 0.717) is 27.3 Å². The first-order valence-electron chi connectivity index (χ1n) is 9.59. The molecule has 3 aromatic heterocycles. The normalized spacial score (nSPS) is 11.2. The van der Waals surface area contributed by atoms with Gasteiger partial charge in [-0.3, -0.25) is 4.79 Å². The zero-order valence-electron chi connectivity index (χ0n) is 16.8. The van der Waals surface area contributed by atoms with Gasteiger partial charge in [-0.05, 0) is 29.8 Å². The van der Waals surface area contributed by atoms with Crippen molar-refractivity contribution in [3.05, 3.63) is 76.5 Å². The Morgan fingerprint density at radius 3 is 2.75 bits per heavy atom. The van der Waals surface area contributed by atoms with Crippen LogP contribution in [0, 0.1) is 5.82 Å². The molecule has 0 aliphatic carbocycles. The largest absolute Gasteiger partial charge is 0.495 e.